The second-order valence-corrected chi connectivity index (χ2v) is 6.61. The van der Waals surface area contributed by atoms with E-state index in [2.05, 4.69) is 5.32 Å². The molecule has 0 aromatic rings. The van der Waals surface area contributed by atoms with Crippen molar-refractivity contribution < 1.29 is 19.4 Å². The van der Waals surface area contributed by atoms with Gasteiger partial charge in [0.05, 0.1) is 5.41 Å². The molecule has 1 rings (SSSR count). The number of amides is 1. The molecule has 19 heavy (non-hydrogen) atoms. The van der Waals surface area contributed by atoms with Crippen molar-refractivity contribution in [2.24, 2.45) is 11.3 Å². The Kier molecular flexibility index (Phi) is 4.48. The van der Waals surface area contributed by atoms with E-state index in [0.717, 1.165) is 6.42 Å². The summed E-state index contributed by atoms with van der Waals surface area (Å²) in [5.74, 6) is -0.697. The molecule has 5 nitrogen and oxygen atoms in total. The summed E-state index contributed by atoms with van der Waals surface area (Å²) in [5, 5.41) is 12.2. The molecule has 0 bridgehead atoms. The molecule has 1 aliphatic rings. The standard InChI is InChI=1S/C14H25NO4/c1-6-9-7-10(8-14(9,5)11(16)17)15-12(18)19-13(2,3)4/h9-10H,6-8H2,1-5H3,(H,15,18)(H,16,17)/t9-,10+,14+/m0/s1. The Morgan fingerprint density at radius 1 is 1.42 bits per heavy atom. The lowest BCUT2D eigenvalue weighted by Gasteiger charge is -2.25. The monoisotopic (exact) mass is 271 g/mol. The highest BCUT2D eigenvalue weighted by Crippen LogP contribution is 2.45. The third kappa shape index (κ3) is 3.85. The zero-order valence-corrected chi connectivity index (χ0v) is 12.4. The second-order valence-electron chi connectivity index (χ2n) is 6.61. The van der Waals surface area contributed by atoms with Gasteiger partial charge in [-0.25, -0.2) is 4.79 Å². The van der Waals surface area contributed by atoms with Crippen LogP contribution in [-0.4, -0.2) is 28.8 Å². The smallest absolute Gasteiger partial charge is 0.407 e. The first-order chi connectivity index (χ1) is 8.58. The van der Waals surface area contributed by atoms with E-state index >= 15 is 0 Å². The quantitative estimate of drug-likeness (QED) is 0.827. The molecule has 110 valence electrons. The number of carbonyl (C=O) groups is 2. The number of rotatable bonds is 3. The van der Waals surface area contributed by atoms with Crippen LogP contribution < -0.4 is 5.32 Å². The van der Waals surface area contributed by atoms with E-state index < -0.39 is 23.1 Å². The molecule has 1 fully saturated rings. The van der Waals surface area contributed by atoms with Crippen molar-refractivity contribution in [2.45, 2.75) is 65.5 Å². The number of carboxylic acid groups (broad SMARTS) is 1. The topological polar surface area (TPSA) is 75.6 Å². The highest BCUT2D eigenvalue weighted by Gasteiger charge is 2.48. The lowest BCUT2D eigenvalue weighted by Crippen LogP contribution is -2.39. The molecule has 1 aliphatic carbocycles. The molecule has 0 saturated heterocycles. The van der Waals surface area contributed by atoms with Crippen molar-refractivity contribution in [1.29, 1.82) is 0 Å². The van der Waals surface area contributed by atoms with E-state index in [1.54, 1.807) is 27.7 Å². The van der Waals surface area contributed by atoms with Gasteiger partial charge >= 0.3 is 12.1 Å². The third-order valence-corrected chi connectivity index (χ3v) is 3.84. The molecule has 0 aromatic carbocycles. The number of aliphatic carboxylic acids is 1. The first-order valence-corrected chi connectivity index (χ1v) is 6.81. The number of alkyl carbamates (subject to hydrolysis) is 1. The van der Waals surface area contributed by atoms with Gasteiger partial charge in [-0.05, 0) is 46.5 Å². The first kappa shape index (κ1) is 15.8. The van der Waals surface area contributed by atoms with Crippen molar-refractivity contribution in [2.75, 3.05) is 0 Å². The Bertz CT molecular complexity index is 361. The van der Waals surface area contributed by atoms with Gasteiger partial charge in [-0.1, -0.05) is 13.3 Å². The number of hydrogen-bond donors (Lipinski definition) is 2. The molecular formula is C14H25NO4. The Morgan fingerprint density at radius 3 is 2.37 bits per heavy atom. The zero-order valence-electron chi connectivity index (χ0n) is 12.4. The minimum atomic E-state index is -0.784. The fourth-order valence-corrected chi connectivity index (χ4v) is 2.83. The van der Waals surface area contributed by atoms with E-state index in [4.69, 9.17) is 4.74 Å². The molecule has 1 saturated carbocycles. The van der Waals surface area contributed by atoms with Gasteiger partial charge in [-0.2, -0.15) is 0 Å². The van der Waals surface area contributed by atoms with Crippen molar-refractivity contribution >= 4 is 12.1 Å². The van der Waals surface area contributed by atoms with Gasteiger partial charge in [0.2, 0.25) is 0 Å². The predicted molar refractivity (Wildman–Crippen MR) is 71.9 cm³/mol. The Labute approximate surface area is 114 Å². The van der Waals surface area contributed by atoms with E-state index in [1.165, 1.54) is 0 Å². The van der Waals surface area contributed by atoms with Crippen molar-refractivity contribution in [3.8, 4) is 0 Å². The number of carboxylic acids is 1. The maximum absolute atomic E-state index is 11.7. The van der Waals surface area contributed by atoms with Gasteiger partial charge < -0.3 is 15.2 Å². The Balaban J connectivity index is 2.64. The summed E-state index contributed by atoms with van der Waals surface area (Å²) in [7, 11) is 0. The minimum Gasteiger partial charge on any atom is -0.481 e. The van der Waals surface area contributed by atoms with Gasteiger partial charge in [-0.3, -0.25) is 4.79 Å². The van der Waals surface area contributed by atoms with Gasteiger partial charge in [0.25, 0.3) is 0 Å². The first-order valence-electron chi connectivity index (χ1n) is 6.81. The van der Waals surface area contributed by atoms with Crippen LogP contribution in [0.15, 0.2) is 0 Å². The molecule has 3 atom stereocenters. The normalized spacial score (nSPS) is 31.0. The van der Waals surface area contributed by atoms with Crippen LogP contribution in [0.2, 0.25) is 0 Å². The fourth-order valence-electron chi connectivity index (χ4n) is 2.83. The summed E-state index contributed by atoms with van der Waals surface area (Å²) in [4.78, 5) is 23.1. The molecular weight excluding hydrogens is 246 g/mol. The number of ether oxygens (including phenoxy) is 1. The largest absolute Gasteiger partial charge is 0.481 e. The van der Waals surface area contributed by atoms with Crippen molar-refractivity contribution in [3.63, 3.8) is 0 Å². The SMILES string of the molecule is CC[C@H]1C[C@@H](NC(=O)OC(C)(C)C)C[C@@]1(C)C(=O)O. The lowest BCUT2D eigenvalue weighted by molar-refractivity contribution is -0.150. The summed E-state index contributed by atoms with van der Waals surface area (Å²) in [5.41, 5.74) is -1.29. The van der Waals surface area contributed by atoms with Crippen LogP contribution in [0.4, 0.5) is 4.79 Å². The highest BCUT2D eigenvalue weighted by molar-refractivity contribution is 5.75. The van der Waals surface area contributed by atoms with Crippen LogP contribution in [0.5, 0.6) is 0 Å². The predicted octanol–water partition coefficient (Wildman–Crippen LogP) is 2.79. The average molecular weight is 271 g/mol. The van der Waals surface area contributed by atoms with Gasteiger partial charge in [0.15, 0.2) is 0 Å². The molecule has 0 heterocycles. The van der Waals surface area contributed by atoms with E-state index in [1.807, 2.05) is 6.92 Å². The summed E-state index contributed by atoms with van der Waals surface area (Å²) in [6.07, 6.45) is 1.48. The van der Waals surface area contributed by atoms with Crippen LogP contribution in [0, 0.1) is 11.3 Å². The van der Waals surface area contributed by atoms with Crippen LogP contribution in [0.1, 0.15) is 53.9 Å². The Hall–Kier alpha value is -1.26. The molecule has 1 amide bonds. The number of hydrogen-bond acceptors (Lipinski definition) is 3. The summed E-state index contributed by atoms with van der Waals surface area (Å²) in [6, 6.07) is -0.124. The van der Waals surface area contributed by atoms with Gasteiger partial charge in [0, 0.05) is 6.04 Å². The third-order valence-electron chi connectivity index (χ3n) is 3.84. The number of carbonyl (C=O) groups excluding carboxylic acids is 1. The second kappa shape index (κ2) is 5.39. The molecule has 2 N–H and O–H groups in total. The highest BCUT2D eigenvalue weighted by atomic mass is 16.6. The van der Waals surface area contributed by atoms with Crippen LogP contribution >= 0.6 is 0 Å². The molecule has 0 radical (unpaired) electrons. The zero-order chi connectivity index (χ0) is 14.8. The van der Waals surface area contributed by atoms with Crippen molar-refractivity contribution in [1.82, 2.24) is 5.32 Å². The van der Waals surface area contributed by atoms with Gasteiger partial charge in [-0.15, -0.1) is 0 Å². The van der Waals surface area contributed by atoms with Crippen LogP contribution in [-0.2, 0) is 9.53 Å². The molecule has 0 aliphatic heterocycles. The minimum absolute atomic E-state index is 0.0879. The Morgan fingerprint density at radius 2 is 2.00 bits per heavy atom. The molecule has 5 heteroatoms. The maximum Gasteiger partial charge on any atom is 0.407 e. The van der Waals surface area contributed by atoms with Crippen LogP contribution in [0.3, 0.4) is 0 Å². The van der Waals surface area contributed by atoms with E-state index in [-0.39, 0.29) is 12.0 Å². The summed E-state index contributed by atoms with van der Waals surface area (Å²) < 4.78 is 5.20. The molecule has 0 unspecified atom stereocenters. The number of nitrogens with one attached hydrogen (secondary N) is 1. The maximum atomic E-state index is 11.7. The fraction of sp³-hybridized carbons (Fsp3) is 0.857. The summed E-state index contributed by atoms with van der Waals surface area (Å²) >= 11 is 0. The van der Waals surface area contributed by atoms with Gasteiger partial charge in [0.1, 0.15) is 5.60 Å². The summed E-state index contributed by atoms with van der Waals surface area (Å²) in [6.45, 7) is 9.16. The van der Waals surface area contributed by atoms with E-state index in [0.29, 0.717) is 12.8 Å². The molecule has 0 aromatic heterocycles. The van der Waals surface area contributed by atoms with Crippen LogP contribution in [0.25, 0.3) is 0 Å². The van der Waals surface area contributed by atoms with Crippen molar-refractivity contribution in [3.05, 3.63) is 0 Å². The average Bonchev–Trinajstić information content (AvgIpc) is 2.53. The van der Waals surface area contributed by atoms with E-state index in [9.17, 15) is 14.7 Å². The lowest BCUT2D eigenvalue weighted by atomic mass is 9.78. The molecule has 0 spiro atoms.